The monoisotopic (exact) mass is 454 g/mol. The Morgan fingerprint density at radius 3 is 2.38 bits per heavy atom. The highest BCUT2D eigenvalue weighted by molar-refractivity contribution is 7.89. The number of nitrogens with one attached hydrogen (secondary N) is 2. The third kappa shape index (κ3) is 4.68. The number of amides is 2. The maximum absolute atomic E-state index is 12.8. The number of aromatic nitrogens is 1. The summed E-state index contributed by atoms with van der Waals surface area (Å²) in [4.78, 5) is 24.2. The van der Waals surface area contributed by atoms with Gasteiger partial charge in [0.1, 0.15) is 0 Å². The third-order valence-corrected chi connectivity index (χ3v) is 7.46. The van der Waals surface area contributed by atoms with Gasteiger partial charge in [-0.05, 0) is 54.8 Å². The van der Waals surface area contributed by atoms with Gasteiger partial charge >= 0.3 is 6.03 Å². The highest BCUT2D eigenvalue weighted by Gasteiger charge is 2.25. The lowest BCUT2D eigenvalue weighted by molar-refractivity contribution is -0.114. The molecule has 3 aromatic rings. The Balaban J connectivity index is 1.41. The van der Waals surface area contributed by atoms with Gasteiger partial charge in [-0.3, -0.25) is 9.36 Å². The topological polar surface area (TPSA) is 101 Å². The first-order valence-corrected chi connectivity index (χ1v) is 12.0. The molecule has 168 valence electrons. The normalized spacial score (nSPS) is 14.9. The number of piperidine rings is 1. The molecule has 2 amide bonds. The van der Waals surface area contributed by atoms with E-state index in [4.69, 9.17) is 0 Å². The van der Waals surface area contributed by atoms with E-state index in [1.807, 2.05) is 6.07 Å². The molecule has 32 heavy (non-hydrogen) atoms. The predicted octanol–water partition coefficient (Wildman–Crippen LogP) is 3.53. The van der Waals surface area contributed by atoms with Gasteiger partial charge in [-0.25, -0.2) is 13.2 Å². The van der Waals surface area contributed by atoms with Crippen LogP contribution in [0.15, 0.2) is 59.6 Å². The number of nitrogens with zero attached hydrogens (tertiary/aromatic N) is 2. The van der Waals surface area contributed by atoms with Crippen LogP contribution in [0.25, 0.3) is 10.9 Å². The lowest BCUT2D eigenvalue weighted by atomic mass is 10.2. The summed E-state index contributed by atoms with van der Waals surface area (Å²) < 4.78 is 28.6. The van der Waals surface area contributed by atoms with Crippen LogP contribution in [-0.4, -0.2) is 42.3 Å². The Kier molecular flexibility index (Phi) is 6.29. The van der Waals surface area contributed by atoms with E-state index in [-0.39, 0.29) is 23.4 Å². The molecule has 0 radical (unpaired) electrons. The van der Waals surface area contributed by atoms with Crippen molar-refractivity contribution in [2.24, 2.45) is 0 Å². The van der Waals surface area contributed by atoms with Crippen molar-refractivity contribution in [1.82, 2.24) is 14.2 Å². The molecular formula is C23H26N4O4S. The standard InChI is InChI=1S/C23H26N4O4S/c1-17(28)25-20-7-10-22-19(15-20)11-14-27(22)23(29)24-16-18-5-8-21(9-6-18)32(30,31)26-12-3-2-4-13-26/h5-11,14-15H,2-4,12-13,16H2,1H3,(H,24,29)(H,25,28). The summed E-state index contributed by atoms with van der Waals surface area (Å²) in [6.07, 6.45) is 4.53. The van der Waals surface area contributed by atoms with E-state index in [0.29, 0.717) is 18.8 Å². The average Bonchev–Trinajstić information content (AvgIpc) is 3.21. The van der Waals surface area contributed by atoms with E-state index in [1.54, 1.807) is 53.0 Å². The molecule has 0 unspecified atom stereocenters. The van der Waals surface area contributed by atoms with E-state index < -0.39 is 10.0 Å². The highest BCUT2D eigenvalue weighted by Crippen LogP contribution is 2.22. The second-order valence-electron chi connectivity index (χ2n) is 7.91. The molecule has 1 fully saturated rings. The van der Waals surface area contributed by atoms with Crippen LogP contribution in [0, 0.1) is 0 Å². The summed E-state index contributed by atoms with van der Waals surface area (Å²) in [5.41, 5.74) is 2.20. The molecular weight excluding hydrogens is 428 g/mol. The van der Waals surface area contributed by atoms with E-state index in [2.05, 4.69) is 10.6 Å². The van der Waals surface area contributed by atoms with Crippen LogP contribution in [0.4, 0.5) is 10.5 Å². The second-order valence-corrected chi connectivity index (χ2v) is 9.85. The summed E-state index contributed by atoms with van der Waals surface area (Å²) in [6, 6.07) is 13.5. The summed E-state index contributed by atoms with van der Waals surface area (Å²) in [5.74, 6) is -0.156. The van der Waals surface area contributed by atoms with Gasteiger partial charge in [0.2, 0.25) is 15.9 Å². The fourth-order valence-corrected chi connectivity index (χ4v) is 5.41. The van der Waals surface area contributed by atoms with Gasteiger partial charge < -0.3 is 10.6 Å². The van der Waals surface area contributed by atoms with Gasteiger partial charge in [-0.1, -0.05) is 18.6 Å². The van der Waals surface area contributed by atoms with Crippen molar-refractivity contribution < 1.29 is 18.0 Å². The van der Waals surface area contributed by atoms with Gasteiger partial charge in [-0.2, -0.15) is 4.31 Å². The first-order chi connectivity index (χ1) is 15.3. The SMILES string of the molecule is CC(=O)Nc1ccc2c(ccn2C(=O)NCc2ccc(S(=O)(=O)N3CCCCC3)cc2)c1. The molecule has 0 spiro atoms. The zero-order valence-electron chi connectivity index (χ0n) is 17.9. The number of anilines is 1. The van der Waals surface area contributed by atoms with Gasteiger partial charge in [0.05, 0.1) is 10.4 Å². The molecule has 4 rings (SSSR count). The second kappa shape index (κ2) is 9.13. The van der Waals surface area contributed by atoms with Crippen molar-refractivity contribution in [3.63, 3.8) is 0 Å². The van der Waals surface area contributed by atoms with Crippen molar-refractivity contribution in [2.75, 3.05) is 18.4 Å². The minimum atomic E-state index is -3.47. The number of sulfonamides is 1. The van der Waals surface area contributed by atoms with E-state index in [9.17, 15) is 18.0 Å². The maximum atomic E-state index is 12.8. The minimum Gasteiger partial charge on any atom is -0.333 e. The van der Waals surface area contributed by atoms with Gasteiger partial charge in [-0.15, -0.1) is 0 Å². The van der Waals surface area contributed by atoms with Crippen LogP contribution in [-0.2, 0) is 21.4 Å². The van der Waals surface area contributed by atoms with Crippen LogP contribution in [0.3, 0.4) is 0 Å². The summed E-state index contributed by atoms with van der Waals surface area (Å²) in [5, 5.41) is 6.41. The largest absolute Gasteiger partial charge is 0.333 e. The predicted molar refractivity (Wildman–Crippen MR) is 123 cm³/mol. The molecule has 0 saturated carbocycles. The van der Waals surface area contributed by atoms with Crippen molar-refractivity contribution in [3.05, 3.63) is 60.3 Å². The van der Waals surface area contributed by atoms with Gasteiger partial charge in [0.25, 0.3) is 0 Å². The zero-order chi connectivity index (χ0) is 22.7. The van der Waals surface area contributed by atoms with Crippen molar-refractivity contribution >= 4 is 38.6 Å². The number of rotatable bonds is 5. The molecule has 0 atom stereocenters. The summed E-state index contributed by atoms with van der Waals surface area (Å²) in [6.45, 7) is 2.85. The van der Waals surface area contributed by atoms with Crippen LogP contribution < -0.4 is 10.6 Å². The van der Waals surface area contributed by atoms with Crippen LogP contribution in [0.2, 0.25) is 0 Å². The number of hydrogen-bond acceptors (Lipinski definition) is 4. The maximum Gasteiger partial charge on any atom is 0.326 e. The Labute approximate surface area is 187 Å². The molecule has 1 aliphatic heterocycles. The lowest BCUT2D eigenvalue weighted by Crippen LogP contribution is -2.35. The Morgan fingerprint density at radius 2 is 1.69 bits per heavy atom. The first-order valence-electron chi connectivity index (χ1n) is 10.6. The number of carbonyl (C=O) groups is 2. The molecule has 0 bridgehead atoms. The summed E-state index contributed by atoms with van der Waals surface area (Å²) in [7, 11) is -3.47. The van der Waals surface area contributed by atoms with Gasteiger partial charge in [0.15, 0.2) is 0 Å². The van der Waals surface area contributed by atoms with Crippen LogP contribution in [0.1, 0.15) is 31.7 Å². The molecule has 1 aliphatic rings. The molecule has 9 heteroatoms. The summed E-state index contributed by atoms with van der Waals surface area (Å²) >= 11 is 0. The number of benzene rings is 2. The molecule has 1 aromatic heterocycles. The minimum absolute atomic E-state index is 0.156. The van der Waals surface area contributed by atoms with Crippen molar-refractivity contribution in [1.29, 1.82) is 0 Å². The number of hydrogen-bond donors (Lipinski definition) is 2. The van der Waals surface area contributed by atoms with Crippen molar-refractivity contribution in [3.8, 4) is 0 Å². The van der Waals surface area contributed by atoms with Crippen LogP contribution in [0.5, 0.6) is 0 Å². The Bertz CT molecular complexity index is 1240. The van der Waals surface area contributed by atoms with Crippen molar-refractivity contribution in [2.45, 2.75) is 37.6 Å². The molecule has 0 aliphatic carbocycles. The average molecular weight is 455 g/mol. The number of carbonyl (C=O) groups excluding carboxylic acids is 2. The number of fused-ring (bicyclic) bond motifs is 1. The Morgan fingerprint density at radius 1 is 0.969 bits per heavy atom. The third-order valence-electron chi connectivity index (χ3n) is 5.55. The first kappa shape index (κ1) is 22.0. The highest BCUT2D eigenvalue weighted by atomic mass is 32.2. The lowest BCUT2D eigenvalue weighted by Gasteiger charge is -2.25. The fourth-order valence-electron chi connectivity index (χ4n) is 3.90. The van der Waals surface area contributed by atoms with E-state index in [0.717, 1.165) is 35.7 Å². The zero-order valence-corrected chi connectivity index (χ0v) is 18.7. The quantitative estimate of drug-likeness (QED) is 0.616. The molecule has 2 N–H and O–H groups in total. The van der Waals surface area contributed by atoms with E-state index >= 15 is 0 Å². The van der Waals surface area contributed by atoms with E-state index in [1.165, 1.54) is 11.5 Å². The molecule has 2 heterocycles. The van der Waals surface area contributed by atoms with Crippen LogP contribution >= 0.6 is 0 Å². The molecule has 8 nitrogen and oxygen atoms in total. The Hall–Kier alpha value is -3.17. The fraction of sp³-hybridized carbons (Fsp3) is 0.304. The molecule has 2 aromatic carbocycles. The van der Waals surface area contributed by atoms with Gasteiger partial charge in [0, 0.05) is 43.8 Å². The molecule has 1 saturated heterocycles. The smallest absolute Gasteiger partial charge is 0.326 e.